The van der Waals surface area contributed by atoms with Crippen LogP contribution in [-0.2, 0) is 20.7 Å². The second-order valence-electron chi connectivity index (χ2n) is 13.1. The highest BCUT2D eigenvalue weighted by atomic mass is 32.2. The first-order chi connectivity index (χ1) is 19.6. The number of thioether (sulfide) groups is 1. The molecule has 4 fully saturated rings. The fourth-order valence-electron chi connectivity index (χ4n) is 8.97. The van der Waals surface area contributed by atoms with E-state index >= 15 is 0 Å². The predicted molar refractivity (Wildman–Crippen MR) is 158 cm³/mol. The summed E-state index contributed by atoms with van der Waals surface area (Å²) in [7, 11) is 0. The molecule has 0 amide bonds. The molecule has 0 aliphatic heterocycles. The van der Waals surface area contributed by atoms with E-state index in [1.807, 2.05) is 25.3 Å². The maximum Gasteiger partial charge on any atom is 0.309 e. The van der Waals surface area contributed by atoms with E-state index in [-0.39, 0.29) is 35.1 Å². The summed E-state index contributed by atoms with van der Waals surface area (Å²) < 4.78 is 21.4. The molecule has 4 saturated carbocycles. The standard InChI is InChI=1S/C32H40FN3O4S/c1-4-5-6-7-26(34)36-24-14-21-10-11-22-23-12-13-32(29(39)41-18-33,40-28(38)19-8-9-19)31(23,3)16-25(37)27(22)30(21,2)15-20(24)17-35-36/h4-7,14,17,19,22-23,25,27,37H,1,8-13,15-16,18,34H2,2-3H3/b6-5-,26-7+/t22?,23-,25-,27+,30?,31?,32?/m0/s1. The number of aliphatic hydroxyl groups excluding tert-OH is 1. The minimum atomic E-state index is -1.40. The second-order valence-corrected chi connectivity index (χ2v) is 13.9. The van der Waals surface area contributed by atoms with Crippen LogP contribution in [0.15, 0.2) is 42.7 Å². The Labute approximate surface area is 245 Å². The molecule has 1 aromatic heterocycles. The van der Waals surface area contributed by atoms with Gasteiger partial charge in [-0.05, 0) is 104 Å². The lowest BCUT2D eigenvalue weighted by molar-refractivity contribution is -0.197. The number of alkyl halides is 1. The van der Waals surface area contributed by atoms with E-state index < -0.39 is 28.2 Å². The number of carbonyl (C=O) groups excluding carboxylic acids is 2. The highest BCUT2D eigenvalue weighted by Gasteiger charge is 2.71. The Bertz CT molecular complexity index is 1360. The largest absolute Gasteiger partial charge is 0.449 e. The molecule has 7 atom stereocenters. The van der Waals surface area contributed by atoms with Crippen LogP contribution in [0.4, 0.5) is 4.39 Å². The number of allylic oxidation sites excluding steroid dienone is 5. The van der Waals surface area contributed by atoms with Crippen molar-refractivity contribution >= 4 is 34.7 Å². The molecule has 9 heteroatoms. The number of hydrogen-bond acceptors (Lipinski definition) is 7. The molecule has 5 aliphatic carbocycles. The summed E-state index contributed by atoms with van der Waals surface area (Å²) >= 11 is 0.600. The predicted octanol–water partition coefficient (Wildman–Crippen LogP) is 5.41. The Morgan fingerprint density at radius 1 is 1.29 bits per heavy atom. The molecule has 5 aliphatic rings. The number of nitrogens with two attached hydrogens (primary N) is 1. The Morgan fingerprint density at radius 2 is 2.07 bits per heavy atom. The third-order valence-corrected chi connectivity index (χ3v) is 11.7. The lowest BCUT2D eigenvalue weighted by atomic mass is 9.45. The van der Waals surface area contributed by atoms with E-state index in [2.05, 4.69) is 24.7 Å². The first kappa shape index (κ1) is 28.5. The van der Waals surface area contributed by atoms with Crippen LogP contribution in [0.2, 0.25) is 0 Å². The van der Waals surface area contributed by atoms with E-state index in [1.54, 1.807) is 16.8 Å². The van der Waals surface area contributed by atoms with Crippen LogP contribution in [0, 0.1) is 34.5 Å². The van der Waals surface area contributed by atoms with Gasteiger partial charge >= 0.3 is 5.97 Å². The van der Waals surface area contributed by atoms with Gasteiger partial charge in [-0.25, -0.2) is 9.07 Å². The SMILES string of the molecule is C=C/C=C\C=C(/N)n1ncc2c1C=C1CCC3[C@H]([C@@H](O)CC4(C)[C@H]3CCC4(OC(=O)C3CC3)C(=O)SCF)C1(C)C2. The minimum Gasteiger partial charge on any atom is -0.449 e. The van der Waals surface area contributed by atoms with Gasteiger partial charge in [0.15, 0.2) is 5.60 Å². The average Bonchev–Trinajstić information content (AvgIpc) is 3.64. The van der Waals surface area contributed by atoms with Crippen molar-refractivity contribution in [1.29, 1.82) is 0 Å². The van der Waals surface area contributed by atoms with Gasteiger partial charge in [-0.15, -0.1) is 0 Å². The molecule has 0 spiro atoms. The van der Waals surface area contributed by atoms with Crippen molar-refractivity contribution in [3.63, 3.8) is 0 Å². The van der Waals surface area contributed by atoms with Gasteiger partial charge in [0.05, 0.1) is 23.9 Å². The average molecular weight is 582 g/mol. The number of fused-ring (bicyclic) bond motifs is 6. The summed E-state index contributed by atoms with van der Waals surface area (Å²) in [5, 5.41) is 16.1. The quantitative estimate of drug-likeness (QED) is 0.327. The number of aromatic nitrogens is 2. The number of hydrogen-bond donors (Lipinski definition) is 2. The topological polar surface area (TPSA) is 107 Å². The molecule has 1 heterocycles. The number of ether oxygens (including phenoxy) is 1. The summed E-state index contributed by atoms with van der Waals surface area (Å²) in [6.07, 6.45) is 16.0. The molecule has 0 radical (unpaired) electrons. The zero-order chi connectivity index (χ0) is 29.2. The second kappa shape index (κ2) is 10.3. The van der Waals surface area contributed by atoms with Crippen LogP contribution in [0.5, 0.6) is 0 Å². The van der Waals surface area contributed by atoms with Crippen molar-refractivity contribution in [2.45, 2.75) is 76.9 Å². The molecule has 0 aromatic carbocycles. The smallest absolute Gasteiger partial charge is 0.309 e. The van der Waals surface area contributed by atoms with Crippen LogP contribution in [0.25, 0.3) is 11.9 Å². The monoisotopic (exact) mass is 581 g/mol. The van der Waals surface area contributed by atoms with Gasteiger partial charge in [0.2, 0.25) is 5.12 Å². The summed E-state index contributed by atoms with van der Waals surface area (Å²) in [6, 6.07) is -0.858. The molecule has 1 aromatic rings. The first-order valence-corrected chi connectivity index (χ1v) is 15.8. The van der Waals surface area contributed by atoms with Crippen molar-refractivity contribution in [3.05, 3.63) is 53.9 Å². The number of halogens is 1. The normalized spacial score (nSPS) is 38.0. The zero-order valence-electron chi connectivity index (χ0n) is 23.9. The molecular formula is C32H40FN3O4S. The molecule has 3 N–H and O–H groups in total. The van der Waals surface area contributed by atoms with Crippen LogP contribution in [0.3, 0.4) is 0 Å². The highest BCUT2D eigenvalue weighted by Crippen LogP contribution is 2.69. The number of aliphatic hydroxyl groups is 1. The van der Waals surface area contributed by atoms with E-state index in [9.17, 15) is 19.1 Å². The number of nitrogens with zero attached hydrogens (tertiary/aromatic N) is 2. The van der Waals surface area contributed by atoms with Crippen molar-refractivity contribution in [2.24, 2.45) is 40.2 Å². The third-order valence-electron chi connectivity index (χ3n) is 11.0. The van der Waals surface area contributed by atoms with Gasteiger partial charge in [0.1, 0.15) is 11.8 Å². The third kappa shape index (κ3) is 4.29. The Morgan fingerprint density at radius 3 is 2.78 bits per heavy atom. The Hall–Kier alpha value is -2.65. The van der Waals surface area contributed by atoms with E-state index in [4.69, 9.17) is 10.5 Å². The van der Waals surface area contributed by atoms with Gasteiger partial charge in [-0.1, -0.05) is 44.2 Å². The van der Waals surface area contributed by atoms with Crippen LogP contribution in [-0.4, -0.2) is 43.7 Å². The van der Waals surface area contributed by atoms with E-state index in [1.165, 1.54) is 5.57 Å². The van der Waals surface area contributed by atoms with Crippen molar-refractivity contribution < 1.29 is 23.8 Å². The number of rotatable bonds is 7. The zero-order valence-corrected chi connectivity index (χ0v) is 24.7. The van der Waals surface area contributed by atoms with Crippen LogP contribution < -0.4 is 5.73 Å². The van der Waals surface area contributed by atoms with Gasteiger partial charge < -0.3 is 15.6 Å². The van der Waals surface area contributed by atoms with Gasteiger partial charge in [-0.3, -0.25) is 9.59 Å². The molecule has 7 nitrogen and oxygen atoms in total. The molecular weight excluding hydrogens is 541 g/mol. The number of carbonyl (C=O) groups is 2. The fraction of sp³-hybridized carbons (Fsp3) is 0.594. The van der Waals surface area contributed by atoms with Crippen molar-refractivity contribution in [2.75, 3.05) is 6.01 Å². The van der Waals surface area contributed by atoms with Crippen molar-refractivity contribution in [3.8, 4) is 0 Å². The lowest BCUT2D eigenvalue weighted by Gasteiger charge is -2.60. The first-order valence-electron chi connectivity index (χ1n) is 14.8. The molecule has 6 rings (SSSR count). The van der Waals surface area contributed by atoms with Gasteiger partial charge in [0.25, 0.3) is 0 Å². The summed E-state index contributed by atoms with van der Waals surface area (Å²) in [4.78, 5) is 26.5. The van der Waals surface area contributed by atoms with E-state index in [0.717, 1.165) is 49.8 Å². The fourth-order valence-corrected chi connectivity index (χ4v) is 9.68. The molecule has 0 saturated heterocycles. The van der Waals surface area contributed by atoms with Gasteiger partial charge in [0, 0.05) is 5.41 Å². The summed E-state index contributed by atoms with van der Waals surface area (Å²) in [5.41, 5.74) is 7.28. The van der Waals surface area contributed by atoms with Crippen LogP contribution >= 0.6 is 11.8 Å². The Kier molecular flexibility index (Phi) is 7.13. The van der Waals surface area contributed by atoms with E-state index in [0.29, 0.717) is 30.4 Å². The highest BCUT2D eigenvalue weighted by molar-refractivity contribution is 8.13. The maximum atomic E-state index is 13.6. The van der Waals surface area contributed by atoms with Crippen LogP contribution in [0.1, 0.15) is 70.1 Å². The number of esters is 1. The maximum absolute atomic E-state index is 13.6. The Balaban J connectivity index is 1.33. The minimum absolute atomic E-state index is 0.0145. The van der Waals surface area contributed by atoms with Gasteiger partial charge in [-0.2, -0.15) is 5.10 Å². The molecule has 0 bridgehead atoms. The van der Waals surface area contributed by atoms with Crippen molar-refractivity contribution in [1.82, 2.24) is 9.78 Å². The molecule has 41 heavy (non-hydrogen) atoms. The summed E-state index contributed by atoms with van der Waals surface area (Å²) in [6.45, 7) is 7.95. The molecule has 4 unspecified atom stereocenters. The lowest BCUT2D eigenvalue weighted by Crippen LogP contribution is -2.62. The summed E-state index contributed by atoms with van der Waals surface area (Å²) in [5.74, 6) is 0.234. The molecule has 220 valence electrons.